The van der Waals surface area contributed by atoms with Crippen LogP contribution in [0.1, 0.15) is 31.8 Å². The molecular formula is C17H13NO3. The number of nitrogens with zero attached hydrogens (tertiary/aromatic N) is 1. The van der Waals surface area contributed by atoms with E-state index in [0.29, 0.717) is 22.3 Å². The lowest BCUT2D eigenvalue weighted by atomic mass is 9.94. The monoisotopic (exact) mass is 279 g/mol. The van der Waals surface area contributed by atoms with Gasteiger partial charge in [-0.3, -0.25) is 19.3 Å². The molecule has 0 unspecified atom stereocenters. The number of amides is 2. The first-order chi connectivity index (χ1) is 10.1. The van der Waals surface area contributed by atoms with E-state index in [2.05, 4.69) is 0 Å². The third kappa shape index (κ3) is 2.25. The van der Waals surface area contributed by atoms with E-state index in [1.807, 2.05) is 6.07 Å². The van der Waals surface area contributed by atoms with E-state index in [0.717, 1.165) is 4.90 Å². The van der Waals surface area contributed by atoms with Gasteiger partial charge in [0.05, 0.1) is 6.42 Å². The summed E-state index contributed by atoms with van der Waals surface area (Å²) >= 11 is 0. The van der Waals surface area contributed by atoms with Gasteiger partial charge in [0.25, 0.3) is 5.91 Å². The molecule has 1 heterocycles. The van der Waals surface area contributed by atoms with Crippen LogP contribution >= 0.6 is 0 Å². The van der Waals surface area contributed by atoms with Gasteiger partial charge in [0.1, 0.15) is 0 Å². The van der Waals surface area contributed by atoms with E-state index in [4.69, 9.17) is 0 Å². The Balaban J connectivity index is 2.03. The van der Waals surface area contributed by atoms with Crippen molar-refractivity contribution in [3.05, 3.63) is 70.8 Å². The van der Waals surface area contributed by atoms with Crippen LogP contribution < -0.4 is 0 Å². The van der Waals surface area contributed by atoms with E-state index in [-0.39, 0.29) is 24.0 Å². The first kappa shape index (κ1) is 13.2. The smallest absolute Gasteiger partial charge is 0.260 e. The number of fused-ring (bicyclic) bond motifs is 1. The Morgan fingerprint density at radius 2 is 1.71 bits per heavy atom. The van der Waals surface area contributed by atoms with Crippen LogP contribution in [-0.4, -0.2) is 29.5 Å². The lowest BCUT2D eigenvalue weighted by Crippen LogP contribution is -2.39. The van der Waals surface area contributed by atoms with Crippen LogP contribution in [-0.2, 0) is 11.2 Å². The number of ketones is 1. The van der Waals surface area contributed by atoms with Crippen molar-refractivity contribution in [2.24, 2.45) is 0 Å². The minimum Gasteiger partial charge on any atom is -0.289 e. The molecule has 1 aliphatic rings. The Morgan fingerprint density at radius 3 is 2.43 bits per heavy atom. The molecule has 104 valence electrons. The third-order valence-electron chi connectivity index (χ3n) is 3.66. The Labute approximate surface area is 122 Å². The number of carbonyl (C=O) groups excluding carboxylic acids is 3. The summed E-state index contributed by atoms with van der Waals surface area (Å²) in [6, 6.07) is 13.8. The average molecular weight is 279 g/mol. The highest BCUT2D eigenvalue weighted by molar-refractivity contribution is 6.13. The van der Waals surface area contributed by atoms with Gasteiger partial charge in [0, 0.05) is 23.7 Å². The van der Waals surface area contributed by atoms with E-state index < -0.39 is 0 Å². The number of likely N-dealkylation sites (N-methyl/N-ethyl adjacent to an activating group) is 1. The zero-order valence-electron chi connectivity index (χ0n) is 11.5. The van der Waals surface area contributed by atoms with E-state index in [9.17, 15) is 14.4 Å². The van der Waals surface area contributed by atoms with E-state index in [1.165, 1.54) is 7.05 Å². The van der Waals surface area contributed by atoms with Gasteiger partial charge in [-0.15, -0.1) is 0 Å². The summed E-state index contributed by atoms with van der Waals surface area (Å²) in [7, 11) is 1.46. The summed E-state index contributed by atoms with van der Waals surface area (Å²) in [6.45, 7) is 0. The highest BCUT2D eigenvalue weighted by Gasteiger charge is 2.28. The molecule has 0 saturated heterocycles. The van der Waals surface area contributed by atoms with Gasteiger partial charge in [-0.05, 0) is 11.6 Å². The van der Waals surface area contributed by atoms with Gasteiger partial charge < -0.3 is 0 Å². The van der Waals surface area contributed by atoms with Crippen LogP contribution in [0.2, 0.25) is 0 Å². The highest BCUT2D eigenvalue weighted by atomic mass is 16.2. The normalized spacial score (nSPS) is 14.0. The highest BCUT2D eigenvalue weighted by Crippen LogP contribution is 2.21. The van der Waals surface area contributed by atoms with Crippen molar-refractivity contribution >= 4 is 17.6 Å². The van der Waals surface area contributed by atoms with E-state index in [1.54, 1.807) is 42.5 Å². The molecule has 0 saturated carbocycles. The van der Waals surface area contributed by atoms with E-state index >= 15 is 0 Å². The van der Waals surface area contributed by atoms with Gasteiger partial charge in [-0.1, -0.05) is 42.5 Å². The Bertz CT molecular complexity index is 750. The minimum absolute atomic E-state index is 0.134. The molecule has 0 bridgehead atoms. The van der Waals surface area contributed by atoms with Crippen LogP contribution in [0.25, 0.3) is 0 Å². The molecule has 4 heteroatoms. The fourth-order valence-corrected chi connectivity index (χ4v) is 2.40. The molecule has 0 spiro atoms. The van der Waals surface area contributed by atoms with Crippen molar-refractivity contribution < 1.29 is 14.4 Å². The summed E-state index contributed by atoms with van der Waals surface area (Å²) in [6.07, 6.45) is 0.192. The quantitative estimate of drug-likeness (QED) is 0.624. The molecule has 0 N–H and O–H groups in total. The van der Waals surface area contributed by atoms with Gasteiger partial charge in [0.15, 0.2) is 5.78 Å². The number of carbonyl (C=O) groups is 3. The lowest BCUT2D eigenvalue weighted by Gasteiger charge is -2.23. The van der Waals surface area contributed by atoms with Crippen molar-refractivity contribution in [2.45, 2.75) is 6.42 Å². The molecule has 4 nitrogen and oxygen atoms in total. The zero-order valence-corrected chi connectivity index (χ0v) is 11.5. The van der Waals surface area contributed by atoms with Gasteiger partial charge in [-0.25, -0.2) is 0 Å². The maximum absolute atomic E-state index is 12.4. The molecule has 0 radical (unpaired) electrons. The molecule has 0 aromatic heterocycles. The molecule has 3 rings (SSSR count). The SMILES string of the molecule is CN1C(=O)Cc2ccc(C(=O)c3ccccc3)cc2C1=O. The van der Waals surface area contributed by atoms with Gasteiger partial charge in [0.2, 0.25) is 5.91 Å². The molecule has 2 aromatic rings. The number of rotatable bonds is 2. The van der Waals surface area contributed by atoms with Crippen molar-refractivity contribution in [3.8, 4) is 0 Å². The van der Waals surface area contributed by atoms with Gasteiger partial charge in [-0.2, -0.15) is 0 Å². The predicted molar refractivity (Wildman–Crippen MR) is 77.1 cm³/mol. The first-order valence-electron chi connectivity index (χ1n) is 6.61. The molecule has 0 aliphatic carbocycles. The summed E-state index contributed by atoms with van der Waals surface area (Å²) in [4.78, 5) is 37.3. The van der Waals surface area contributed by atoms with Crippen LogP contribution in [0.4, 0.5) is 0 Å². The van der Waals surface area contributed by atoms with Gasteiger partial charge >= 0.3 is 0 Å². The van der Waals surface area contributed by atoms with Crippen molar-refractivity contribution in [1.29, 1.82) is 0 Å². The number of hydrogen-bond acceptors (Lipinski definition) is 3. The third-order valence-corrected chi connectivity index (χ3v) is 3.66. The molecule has 0 fully saturated rings. The maximum Gasteiger partial charge on any atom is 0.260 e. The maximum atomic E-state index is 12.4. The fourth-order valence-electron chi connectivity index (χ4n) is 2.40. The van der Waals surface area contributed by atoms with Crippen molar-refractivity contribution in [2.75, 3.05) is 7.05 Å². The fraction of sp³-hybridized carbons (Fsp3) is 0.118. The lowest BCUT2D eigenvalue weighted by molar-refractivity contribution is -0.127. The Hall–Kier alpha value is -2.75. The summed E-state index contributed by atoms with van der Waals surface area (Å²) < 4.78 is 0. The second-order valence-corrected chi connectivity index (χ2v) is 5.00. The van der Waals surface area contributed by atoms with Crippen LogP contribution in [0.15, 0.2) is 48.5 Å². The zero-order chi connectivity index (χ0) is 15.0. The Morgan fingerprint density at radius 1 is 1.00 bits per heavy atom. The Kier molecular flexibility index (Phi) is 3.14. The number of imide groups is 1. The number of benzene rings is 2. The molecule has 0 atom stereocenters. The van der Waals surface area contributed by atoms with Crippen LogP contribution in [0.5, 0.6) is 0 Å². The first-order valence-corrected chi connectivity index (χ1v) is 6.61. The predicted octanol–water partition coefficient (Wildman–Crippen LogP) is 2.07. The minimum atomic E-state index is -0.357. The van der Waals surface area contributed by atoms with Crippen LogP contribution in [0, 0.1) is 0 Å². The molecule has 1 aliphatic heterocycles. The van der Waals surface area contributed by atoms with Crippen LogP contribution in [0.3, 0.4) is 0 Å². The summed E-state index contributed by atoms with van der Waals surface area (Å²) in [5.41, 5.74) is 2.13. The standard InChI is InChI=1S/C17H13NO3/c1-18-15(19)10-12-7-8-13(9-14(12)17(18)21)16(20)11-5-3-2-4-6-11/h2-9H,10H2,1H3. The number of hydrogen-bond donors (Lipinski definition) is 0. The second-order valence-electron chi connectivity index (χ2n) is 5.00. The molecule has 21 heavy (non-hydrogen) atoms. The largest absolute Gasteiger partial charge is 0.289 e. The molecular weight excluding hydrogens is 266 g/mol. The molecule has 2 aromatic carbocycles. The topological polar surface area (TPSA) is 54.5 Å². The van der Waals surface area contributed by atoms with Crippen molar-refractivity contribution in [1.82, 2.24) is 4.90 Å². The second kappa shape index (κ2) is 4.98. The summed E-state index contributed by atoms with van der Waals surface area (Å²) in [5.74, 6) is -0.718. The average Bonchev–Trinajstić information content (AvgIpc) is 2.53. The molecule has 2 amide bonds. The van der Waals surface area contributed by atoms with Crippen molar-refractivity contribution in [3.63, 3.8) is 0 Å². The summed E-state index contributed by atoms with van der Waals surface area (Å²) in [5, 5.41) is 0.